The summed E-state index contributed by atoms with van der Waals surface area (Å²) in [7, 11) is 0. The highest BCUT2D eigenvalue weighted by Gasteiger charge is 2.33. The SMILES string of the molecule is CCc1ccc(/C=C2\SC(=S)N(c3cccc(C(=O)[O-])c3)C2=O)cc1. The molecule has 1 saturated heterocycles. The lowest BCUT2D eigenvalue weighted by Gasteiger charge is -2.15. The summed E-state index contributed by atoms with van der Waals surface area (Å²) in [5, 5.41) is 11.0. The van der Waals surface area contributed by atoms with E-state index in [9.17, 15) is 14.7 Å². The Hall–Kier alpha value is -2.44. The molecule has 0 atom stereocenters. The Morgan fingerprint density at radius 2 is 1.96 bits per heavy atom. The van der Waals surface area contributed by atoms with Gasteiger partial charge in [-0.25, -0.2) is 0 Å². The number of aromatic carboxylic acids is 1. The van der Waals surface area contributed by atoms with Crippen molar-refractivity contribution in [1.29, 1.82) is 0 Å². The predicted molar refractivity (Wildman–Crippen MR) is 102 cm³/mol. The molecule has 0 spiro atoms. The van der Waals surface area contributed by atoms with Crippen LogP contribution in [-0.4, -0.2) is 16.2 Å². The number of benzene rings is 2. The molecule has 1 amide bonds. The first kappa shape index (κ1) is 17.4. The highest BCUT2D eigenvalue weighted by Crippen LogP contribution is 2.36. The van der Waals surface area contributed by atoms with Crippen LogP contribution in [0.3, 0.4) is 0 Å². The Kier molecular flexibility index (Phi) is 5.01. The van der Waals surface area contributed by atoms with Gasteiger partial charge in [-0.3, -0.25) is 9.69 Å². The van der Waals surface area contributed by atoms with Crippen molar-refractivity contribution in [3.8, 4) is 0 Å². The number of carboxylic acids is 1. The van der Waals surface area contributed by atoms with E-state index in [-0.39, 0.29) is 11.5 Å². The van der Waals surface area contributed by atoms with Crippen LogP contribution < -0.4 is 10.0 Å². The smallest absolute Gasteiger partial charge is 0.270 e. The second-order valence-electron chi connectivity index (χ2n) is 5.45. The van der Waals surface area contributed by atoms with Gasteiger partial charge in [-0.1, -0.05) is 67.3 Å². The van der Waals surface area contributed by atoms with E-state index in [4.69, 9.17) is 12.2 Å². The van der Waals surface area contributed by atoms with Crippen LogP contribution in [0, 0.1) is 0 Å². The van der Waals surface area contributed by atoms with Crippen LogP contribution >= 0.6 is 24.0 Å². The first-order valence-electron chi connectivity index (χ1n) is 7.68. The van der Waals surface area contributed by atoms with E-state index in [2.05, 4.69) is 6.92 Å². The van der Waals surface area contributed by atoms with Crippen LogP contribution in [-0.2, 0) is 11.2 Å². The molecule has 1 aliphatic rings. The maximum absolute atomic E-state index is 12.7. The fourth-order valence-electron chi connectivity index (χ4n) is 2.46. The normalized spacial score (nSPS) is 15.9. The zero-order chi connectivity index (χ0) is 18.0. The molecule has 2 aromatic rings. The number of carbonyl (C=O) groups is 2. The monoisotopic (exact) mass is 368 g/mol. The summed E-state index contributed by atoms with van der Waals surface area (Å²) in [6, 6.07) is 14.0. The third-order valence-electron chi connectivity index (χ3n) is 3.82. The summed E-state index contributed by atoms with van der Waals surface area (Å²) < 4.78 is 0.372. The summed E-state index contributed by atoms with van der Waals surface area (Å²) in [6.07, 6.45) is 2.75. The summed E-state index contributed by atoms with van der Waals surface area (Å²) in [5.74, 6) is -1.55. The van der Waals surface area contributed by atoms with Gasteiger partial charge in [0.25, 0.3) is 5.91 Å². The van der Waals surface area contributed by atoms with Crippen molar-refractivity contribution < 1.29 is 14.7 Å². The van der Waals surface area contributed by atoms with Crippen LogP contribution in [0.15, 0.2) is 53.4 Å². The van der Waals surface area contributed by atoms with E-state index in [1.54, 1.807) is 18.2 Å². The van der Waals surface area contributed by atoms with Crippen LogP contribution in [0.1, 0.15) is 28.4 Å². The molecule has 0 radical (unpaired) electrons. The standard InChI is InChI=1S/C19H15NO3S2/c1-2-12-6-8-13(9-7-12)10-16-17(21)20(19(24)25-16)15-5-3-4-14(11-15)18(22)23/h3-11H,2H2,1H3,(H,22,23)/p-1/b16-10-. The van der Waals surface area contributed by atoms with Crippen molar-refractivity contribution in [1.82, 2.24) is 0 Å². The molecule has 126 valence electrons. The predicted octanol–water partition coefficient (Wildman–Crippen LogP) is 3.02. The number of carbonyl (C=O) groups excluding carboxylic acids is 2. The molecule has 4 nitrogen and oxygen atoms in total. The Labute approximate surface area is 155 Å². The van der Waals surface area contributed by atoms with E-state index in [1.807, 2.05) is 24.3 Å². The summed E-state index contributed by atoms with van der Waals surface area (Å²) >= 11 is 6.51. The van der Waals surface area contributed by atoms with Crippen molar-refractivity contribution in [3.05, 3.63) is 70.1 Å². The summed E-state index contributed by atoms with van der Waals surface area (Å²) in [6.45, 7) is 2.08. The minimum atomic E-state index is -1.29. The maximum atomic E-state index is 12.7. The molecule has 0 bridgehead atoms. The second-order valence-corrected chi connectivity index (χ2v) is 7.13. The van der Waals surface area contributed by atoms with Crippen LogP contribution in [0.5, 0.6) is 0 Å². The molecule has 0 unspecified atom stereocenters. The number of hydrogen-bond acceptors (Lipinski definition) is 5. The number of carboxylic acid groups (broad SMARTS) is 1. The lowest BCUT2D eigenvalue weighted by molar-refractivity contribution is -0.255. The number of thiocarbonyl (C=S) groups is 1. The fourth-order valence-corrected chi connectivity index (χ4v) is 3.76. The minimum absolute atomic E-state index is 0.00526. The fraction of sp³-hybridized carbons (Fsp3) is 0.105. The maximum Gasteiger partial charge on any atom is 0.270 e. The van der Waals surface area contributed by atoms with Gasteiger partial charge in [0.2, 0.25) is 0 Å². The molecule has 6 heteroatoms. The average molecular weight is 368 g/mol. The number of amides is 1. The van der Waals surface area contributed by atoms with E-state index in [0.29, 0.717) is 14.9 Å². The van der Waals surface area contributed by atoms with Crippen molar-refractivity contribution in [2.75, 3.05) is 4.90 Å². The second kappa shape index (κ2) is 7.21. The van der Waals surface area contributed by atoms with Crippen molar-refractivity contribution >= 4 is 51.9 Å². The average Bonchev–Trinajstić information content (AvgIpc) is 2.89. The van der Waals surface area contributed by atoms with E-state index < -0.39 is 5.97 Å². The Morgan fingerprint density at radius 3 is 2.60 bits per heavy atom. The summed E-state index contributed by atoms with van der Waals surface area (Å²) in [4.78, 5) is 25.6. The van der Waals surface area contributed by atoms with Gasteiger partial charge >= 0.3 is 0 Å². The number of anilines is 1. The minimum Gasteiger partial charge on any atom is -0.545 e. The number of hydrogen-bond donors (Lipinski definition) is 0. The zero-order valence-corrected chi connectivity index (χ0v) is 15.0. The van der Waals surface area contributed by atoms with E-state index in [0.717, 1.165) is 12.0 Å². The van der Waals surface area contributed by atoms with Gasteiger partial charge in [0.1, 0.15) is 0 Å². The van der Waals surface area contributed by atoms with Crippen molar-refractivity contribution in [2.45, 2.75) is 13.3 Å². The van der Waals surface area contributed by atoms with Crippen molar-refractivity contribution in [2.24, 2.45) is 0 Å². The topological polar surface area (TPSA) is 60.4 Å². The molecule has 0 aliphatic carbocycles. The van der Waals surface area contributed by atoms with Gasteiger partial charge in [0.15, 0.2) is 4.32 Å². The zero-order valence-electron chi connectivity index (χ0n) is 13.4. The van der Waals surface area contributed by atoms with Gasteiger partial charge in [0, 0.05) is 0 Å². The third kappa shape index (κ3) is 3.65. The largest absolute Gasteiger partial charge is 0.545 e. The molecule has 25 heavy (non-hydrogen) atoms. The molecule has 1 aliphatic heterocycles. The molecular weight excluding hydrogens is 354 g/mol. The molecule has 3 rings (SSSR count). The van der Waals surface area contributed by atoms with Gasteiger partial charge < -0.3 is 9.90 Å². The first-order valence-corrected chi connectivity index (χ1v) is 8.90. The molecule has 0 saturated carbocycles. The molecule has 0 aromatic heterocycles. The molecule has 2 aromatic carbocycles. The molecule has 0 N–H and O–H groups in total. The quantitative estimate of drug-likeness (QED) is 0.613. The Morgan fingerprint density at radius 1 is 1.24 bits per heavy atom. The van der Waals surface area contributed by atoms with E-state index >= 15 is 0 Å². The number of rotatable bonds is 4. The first-order chi connectivity index (χ1) is 12.0. The highest BCUT2D eigenvalue weighted by molar-refractivity contribution is 8.27. The molecule has 1 fully saturated rings. The highest BCUT2D eigenvalue weighted by atomic mass is 32.2. The number of nitrogens with zero attached hydrogens (tertiary/aromatic N) is 1. The van der Waals surface area contributed by atoms with E-state index in [1.165, 1.54) is 34.4 Å². The van der Waals surface area contributed by atoms with Gasteiger partial charge in [-0.15, -0.1) is 0 Å². The Bertz CT molecular complexity index is 888. The van der Waals surface area contributed by atoms with Crippen LogP contribution in [0.2, 0.25) is 0 Å². The van der Waals surface area contributed by atoms with Crippen LogP contribution in [0.25, 0.3) is 6.08 Å². The molecule has 1 heterocycles. The number of thioether (sulfide) groups is 1. The van der Waals surface area contributed by atoms with Gasteiger partial charge in [-0.2, -0.15) is 0 Å². The lowest BCUT2D eigenvalue weighted by atomic mass is 10.1. The van der Waals surface area contributed by atoms with Crippen LogP contribution in [0.4, 0.5) is 5.69 Å². The Balaban J connectivity index is 1.90. The molecular formula is C19H14NO3S2-. The number of aryl methyl sites for hydroxylation is 1. The summed E-state index contributed by atoms with van der Waals surface area (Å²) in [5.41, 5.74) is 2.57. The van der Waals surface area contributed by atoms with Gasteiger partial charge in [-0.05, 0) is 41.3 Å². The van der Waals surface area contributed by atoms with Crippen molar-refractivity contribution in [3.63, 3.8) is 0 Å². The lowest BCUT2D eigenvalue weighted by Crippen LogP contribution is -2.28. The third-order valence-corrected chi connectivity index (χ3v) is 5.12. The van der Waals surface area contributed by atoms with Gasteiger partial charge in [0.05, 0.1) is 16.6 Å².